The van der Waals surface area contributed by atoms with Crippen molar-refractivity contribution in [3.63, 3.8) is 0 Å². The summed E-state index contributed by atoms with van der Waals surface area (Å²) < 4.78 is 11.6. The maximum absolute atomic E-state index is 12.2. The first-order valence-corrected chi connectivity index (χ1v) is 9.45. The number of hydrogen-bond acceptors (Lipinski definition) is 4. The monoisotopic (exact) mass is 275 g/mol. The van der Waals surface area contributed by atoms with E-state index >= 15 is 0 Å². The van der Waals surface area contributed by atoms with Crippen LogP contribution in [-0.2, 0) is 14.3 Å². The first kappa shape index (κ1) is 17.0. The lowest BCUT2D eigenvalue weighted by Gasteiger charge is -2.38. The van der Waals surface area contributed by atoms with Gasteiger partial charge in [0, 0.05) is 0 Å². The highest BCUT2D eigenvalue weighted by Crippen LogP contribution is 2.19. The Kier molecular flexibility index (Phi) is 5.40. The number of carbonyl (C=O) groups excluding carboxylic acids is 2. The van der Waals surface area contributed by atoms with E-state index in [2.05, 4.69) is 0 Å². The number of nitrogens with zero attached hydrogens (tertiary/aromatic N) is 1. The zero-order chi connectivity index (χ0) is 14.7. The molecule has 6 heteroatoms. The molecule has 0 fully saturated rings. The van der Waals surface area contributed by atoms with Crippen LogP contribution in [0.25, 0.3) is 0 Å². The minimum absolute atomic E-state index is 0.428. The van der Waals surface area contributed by atoms with Crippen molar-refractivity contribution in [1.82, 2.24) is 4.57 Å². The highest BCUT2D eigenvalue weighted by atomic mass is 28.3. The summed E-state index contributed by atoms with van der Waals surface area (Å²) in [5.74, 6) is -0.428. The van der Waals surface area contributed by atoms with Crippen molar-refractivity contribution >= 4 is 20.3 Å². The van der Waals surface area contributed by atoms with Crippen LogP contribution in [0.15, 0.2) is 0 Å². The lowest BCUT2D eigenvalue weighted by molar-refractivity contribution is -0.144. The summed E-state index contributed by atoms with van der Waals surface area (Å²) >= 11 is 0. The van der Waals surface area contributed by atoms with E-state index in [-0.39, 0.29) is 0 Å². The van der Waals surface area contributed by atoms with Crippen molar-refractivity contribution in [2.24, 2.45) is 0 Å². The second-order valence-corrected chi connectivity index (χ2v) is 11.0. The van der Waals surface area contributed by atoms with Gasteiger partial charge < -0.3 is 14.0 Å². The Hall–Kier alpha value is -1.04. The van der Waals surface area contributed by atoms with Crippen LogP contribution >= 0.6 is 0 Å². The summed E-state index contributed by atoms with van der Waals surface area (Å²) in [7, 11) is -0.718. The third-order valence-electron chi connectivity index (χ3n) is 2.24. The number of hydrogen-bond donors (Lipinski definition) is 0. The third kappa shape index (κ3) is 5.08. The summed E-state index contributed by atoms with van der Waals surface area (Å²) in [6, 6.07) is -0.628. The molecule has 0 aliphatic heterocycles. The molecule has 1 atom stereocenters. The first-order valence-electron chi connectivity index (χ1n) is 6.00. The quantitative estimate of drug-likeness (QED) is 0.587. The smallest absolute Gasteiger partial charge is 0.402 e. The van der Waals surface area contributed by atoms with Crippen LogP contribution in [0.5, 0.6) is 0 Å². The Labute approximate surface area is 111 Å². The standard InChI is InChI=1S/C12H25NO4Si/c1-9(10(14)16-5)13(18(6,7)8)11(15)17-12(2,3)4/h9H,1-8H3/t9-/m0/s1. The Bertz CT molecular complexity index is 317. The van der Waals surface area contributed by atoms with Crippen LogP contribution in [0.4, 0.5) is 4.79 Å². The molecule has 0 spiro atoms. The van der Waals surface area contributed by atoms with Crippen molar-refractivity contribution in [1.29, 1.82) is 0 Å². The fourth-order valence-electron chi connectivity index (χ4n) is 1.60. The van der Waals surface area contributed by atoms with E-state index in [1.165, 1.54) is 11.7 Å². The number of rotatable bonds is 3. The molecule has 18 heavy (non-hydrogen) atoms. The second kappa shape index (κ2) is 5.73. The van der Waals surface area contributed by atoms with Gasteiger partial charge in [-0.15, -0.1) is 0 Å². The molecule has 106 valence electrons. The van der Waals surface area contributed by atoms with E-state index < -0.39 is 31.9 Å². The Morgan fingerprint density at radius 2 is 1.61 bits per heavy atom. The first-order chi connectivity index (χ1) is 7.90. The second-order valence-electron chi connectivity index (χ2n) is 6.22. The number of carbonyl (C=O) groups is 2. The average Bonchev–Trinajstić information content (AvgIpc) is 2.11. The van der Waals surface area contributed by atoms with Gasteiger partial charge in [0.2, 0.25) is 0 Å². The number of esters is 1. The molecular weight excluding hydrogens is 250 g/mol. The van der Waals surface area contributed by atoms with E-state index in [1.807, 2.05) is 19.6 Å². The van der Waals surface area contributed by atoms with Gasteiger partial charge in [-0.1, -0.05) is 19.6 Å². The molecule has 0 aliphatic carbocycles. The average molecular weight is 275 g/mol. The molecule has 0 radical (unpaired) electrons. The van der Waals surface area contributed by atoms with Crippen LogP contribution in [0.3, 0.4) is 0 Å². The minimum Gasteiger partial charge on any atom is -0.468 e. The fraction of sp³-hybridized carbons (Fsp3) is 0.833. The predicted molar refractivity (Wildman–Crippen MR) is 72.9 cm³/mol. The molecule has 0 aromatic carbocycles. The summed E-state index contributed by atoms with van der Waals surface area (Å²) in [6.07, 6.45) is -0.459. The van der Waals surface area contributed by atoms with Crippen molar-refractivity contribution in [2.45, 2.75) is 59.0 Å². The maximum atomic E-state index is 12.2. The van der Waals surface area contributed by atoms with Gasteiger partial charge >= 0.3 is 12.1 Å². The highest BCUT2D eigenvalue weighted by molar-refractivity contribution is 6.75. The largest absolute Gasteiger partial charge is 0.468 e. The van der Waals surface area contributed by atoms with Crippen LogP contribution in [0.2, 0.25) is 19.6 Å². The predicted octanol–water partition coefficient (Wildman–Crippen LogP) is 2.62. The molecule has 0 rings (SSSR count). The van der Waals surface area contributed by atoms with Gasteiger partial charge in [-0.05, 0) is 27.7 Å². The normalized spacial score (nSPS) is 13.8. The molecule has 0 aromatic heterocycles. The molecule has 0 saturated heterocycles. The molecule has 0 saturated carbocycles. The molecule has 0 N–H and O–H groups in total. The fourth-order valence-corrected chi connectivity index (χ4v) is 3.46. The Morgan fingerprint density at radius 1 is 1.17 bits per heavy atom. The van der Waals surface area contributed by atoms with Gasteiger partial charge in [-0.3, -0.25) is 0 Å². The van der Waals surface area contributed by atoms with E-state index in [0.717, 1.165) is 0 Å². The number of ether oxygens (including phenoxy) is 2. The summed E-state index contributed by atoms with van der Waals surface area (Å²) in [6.45, 7) is 13.0. The van der Waals surface area contributed by atoms with Gasteiger partial charge in [0.15, 0.2) is 8.24 Å². The summed E-state index contributed by atoms with van der Waals surface area (Å²) in [5.41, 5.74) is -0.579. The van der Waals surface area contributed by atoms with Gasteiger partial charge in [0.1, 0.15) is 11.6 Å². The minimum atomic E-state index is -2.03. The van der Waals surface area contributed by atoms with E-state index in [4.69, 9.17) is 9.47 Å². The SMILES string of the molecule is COC(=O)[C@H](C)N(C(=O)OC(C)(C)C)[Si](C)(C)C. The van der Waals surface area contributed by atoms with Gasteiger partial charge in [0.05, 0.1) is 7.11 Å². The van der Waals surface area contributed by atoms with Crippen LogP contribution < -0.4 is 0 Å². The molecule has 0 bridgehead atoms. The lowest BCUT2D eigenvalue weighted by atomic mass is 10.2. The van der Waals surface area contributed by atoms with Crippen molar-refractivity contribution in [3.8, 4) is 0 Å². The van der Waals surface area contributed by atoms with E-state index in [9.17, 15) is 9.59 Å². The van der Waals surface area contributed by atoms with Gasteiger partial charge in [-0.2, -0.15) is 0 Å². The topological polar surface area (TPSA) is 55.8 Å². The molecule has 0 aliphatic rings. The van der Waals surface area contributed by atoms with E-state index in [0.29, 0.717) is 0 Å². The maximum Gasteiger partial charge on any atom is 0.402 e. The van der Waals surface area contributed by atoms with Crippen LogP contribution in [0.1, 0.15) is 27.7 Å². The molecule has 0 aromatic rings. The molecule has 1 amide bonds. The number of methoxy groups -OCH3 is 1. The summed E-state index contributed by atoms with van der Waals surface area (Å²) in [5, 5.41) is 0. The van der Waals surface area contributed by atoms with Crippen molar-refractivity contribution in [3.05, 3.63) is 0 Å². The molecule has 5 nitrogen and oxygen atoms in total. The Morgan fingerprint density at radius 3 is 1.89 bits per heavy atom. The molecular formula is C12H25NO4Si. The highest BCUT2D eigenvalue weighted by Gasteiger charge is 2.38. The van der Waals surface area contributed by atoms with Crippen LogP contribution in [-0.4, -0.2) is 43.6 Å². The zero-order valence-corrected chi connectivity index (χ0v) is 13.7. The summed E-state index contributed by atoms with van der Waals surface area (Å²) in [4.78, 5) is 23.8. The van der Waals surface area contributed by atoms with E-state index in [1.54, 1.807) is 27.7 Å². The third-order valence-corrected chi connectivity index (χ3v) is 4.26. The van der Waals surface area contributed by atoms with Crippen molar-refractivity contribution in [2.75, 3.05) is 7.11 Å². The number of amides is 1. The Balaban J connectivity index is 5.14. The lowest BCUT2D eigenvalue weighted by Crippen LogP contribution is -2.58. The molecule has 0 heterocycles. The van der Waals surface area contributed by atoms with Gasteiger partial charge in [-0.25, -0.2) is 9.59 Å². The van der Waals surface area contributed by atoms with Crippen molar-refractivity contribution < 1.29 is 19.1 Å². The van der Waals surface area contributed by atoms with Crippen LogP contribution in [0, 0.1) is 0 Å². The zero-order valence-electron chi connectivity index (χ0n) is 12.7. The molecule has 0 unspecified atom stereocenters. The van der Waals surface area contributed by atoms with Gasteiger partial charge in [0.25, 0.3) is 0 Å².